The second-order valence-electron chi connectivity index (χ2n) is 4.06. The van der Waals surface area contributed by atoms with Crippen molar-refractivity contribution in [1.82, 2.24) is 0 Å². The molecular weight excluding hydrogens is 238 g/mol. The molecule has 5 heteroatoms. The quantitative estimate of drug-likeness (QED) is 0.864. The summed E-state index contributed by atoms with van der Waals surface area (Å²) < 4.78 is 0. The molecule has 0 heterocycles. The summed E-state index contributed by atoms with van der Waals surface area (Å²) in [5.41, 5.74) is 6.46. The van der Waals surface area contributed by atoms with Crippen molar-refractivity contribution in [3.05, 3.63) is 28.8 Å². The highest BCUT2D eigenvalue weighted by molar-refractivity contribution is 6.31. The molecule has 0 fully saturated rings. The zero-order valence-corrected chi connectivity index (χ0v) is 10.5. The first-order chi connectivity index (χ1) is 7.95. The van der Waals surface area contributed by atoms with E-state index in [0.29, 0.717) is 16.3 Å². The topological polar surface area (TPSA) is 78.9 Å². The van der Waals surface area contributed by atoms with Crippen LogP contribution in [0.4, 0.5) is 5.69 Å². The zero-order chi connectivity index (χ0) is 13.0. The smallest absolute Gasteiger partial charge is 0.241 e. The number of nitrogens with one attached hydrogen (secondary N) is 1. The number of hydrogen-bond donors (Lipinski definition) is 2. The number of hydrogen-bond acceptors (Lipinski definition) is 3. The van der Waals surface area contributed by atoms with Crippen molar-refractivity contribution in [2.24, 2.45) is 11.7 Å². The lowest BCUT2D eigenvalue weighted by atomic mass is 10.0. The highest BCUT2D eigenvalue weighted by atomic mass is 35.5. The first-order valence-corrected chi connectivity index (χ1v) is 5.59. The summed E-state index contributed by atoms with van der Waals surface area (Å²) >= 11 is 5.81. The second-order valence-corrected chi connectivity index (χ2v) is 4.50. The normalized spacial score (nSPS) is 12.0. The van der Waals surface area contributed by atoms with Gasteiger partial charge in [-0.3, -0.25) is 4.79 Å². The van der Waals surface area contributed by atoms with Gasteiger partial charge in [0, 0.05) is 5.02 Å². The lowest BCUT2D eigenvalue weighted by Crippen LogP contribution is -2.39. The van der Waals surface area contributed by atoms with Gasteiger partial charge in [0.05, 0.1) is 17.3 Å². The van der Waals surface area contributed by atoms with Crippen molar-refractivity contribution < 1.29 is 4.79 Å². The monoisotopic (exact) mass is 251 g/mol. The summed E-state index contributed by atoms with van der Waals surface area (Å²) in [4.78, 5) is 11.7. The zero-order valence-electron chi connectivity index (χ0n) is 9.70. The largest absolute Gasteiger partial charge is 0.323 e. The summed E-state index contributed by atoms with van der Waals surface area (Å²) in [6.45, 7) is 3.71. The number of anilines is 1. The van der Waals surface area contributed by atoms with Crippen LogP contribution in [0.2, 0.25) is 5.02 Å². The highest BCUT2D eigenvalue weighted by Crippen LogP contribution is 2.20. The maximum Gasteiger partial charge on any atom is 0.241 e. The molecule has 0 saturated carbocycles. The van der Waals surface area contributed by atoms with Crippen LogP contribution in [0.1, 0.15) is 19.4 Å². The first-order valence-electron chi connectivity index (χ1n) is 5.21. The van der Waals surface area contributed by atoms with Crippen molar-refractivity contribution >= 4 is 23.2 Å². The van der Waals surface area contributed by atoms with Gasteiger partial charge in [-0.15, -0.1) is 0 Å². The van der Waals surface area contributed by atoms with Gasteiger partial charge in [-0.05, 0) is 24.1 Å². The molecule has 0 aliphatic heterocycles. The van der Waals surface area contributed by atoms with Crippen molar-refractivity contribution in [3.8, 4) is 6.07 Å². The number of halogens is 1. The Morgan fingerprint density at radius 3 is 2.71 bits per heavy atom. The Morgan fingerprint density at radius 1 is 1.53 bits per heavy atom. The third kappa shape index (κ3) is 3.45. The molecule has 90 valence electrons. The van der Waals surface area contributed by atoms with Crippen LogP contribution in [0.25, 0.3) is 0 Å². The van der Waals surface area contributed by atoms with Crippen LogP contribution in [0.15, 0.2) is 18.2 Å². The summed E-state index contributed by atoms with van der Waals surface area (Å²) in [7, 11) is 0. The summed E-state index contributed by atoms with van der Waals surface area (Å²) in [5.74, 6) is -0.293. The molecule has 0 aromatic heterocycles. The average Bonchev–Trinajstić information content (AvgIpc) is 2.28. The summed E-state index contributed by atoms with van der Waals surface area (Å²) in [6, 6.07) is 6.05. The molecule has 0 bridgehead atoms. The molecule has 17 heavy (non-hydrogen) atoms. The fraction of sp³-hybridized carbons (Fsp3) is 0.333. The fourth-order valence-electron chi connectivity index (χ4n) is 1.24. The van der Waals surface area contributed by atoms with Gasteiger partial charge in [-0.2, -0.15) is 5.26 Å². The van der Waals surface area contributed by atoms with Crippen LogP contribution >= 0.6 is 11.6 Å². The van der Waals surface area contributed by atoms with E-state index in [0.717, 1.165) is 0 Å². The Kier molecular flexibility index (Phi) is 4.50. The number of nitrogens with zero attached hydrogens (tertiary/aromatic N) is 1. The molecule has 4 nitrogen and oxygen atoms in total. The predicted molar refractivity (Wildman–Crippen MR) is 67.6 cm³/mol. The van der Waals surface area contributed by atoms with Gasteiger partial charge in [0.25, 0.3) is 0 Å². The predicted octanol–water partition coefficient (Wildman–Crippen LogP) is 2.13. The van der Waals surface area contributed by atoms with Gasteiger partial charge < -0.3 is 11.1 Å². The standard InChI is InChI=1S/C12H14ClN3O/c1-7(2)11(15)12(17)16-10-5-9(13)4-3-8(10)6-14/h3-5,7,11H,15H2,1-2H3,(H,16,17). The second kappa shape index (κ2) is 5.67. The third-order valence-electron chi connectivity index (χ3n) is 2.38. The van der Waals surface area contributed by atoms with E-state index < -0.39 is 6.04 Å². The molecule has 0 aliphatic carbocycles. The van der Waals surface area contributed by atoms with Crippen molar-refractivity contribution in [2.45, 2.75) is 19.9 Å². The minimum absolute atomic E-state index is 0.0275. The molecule has 1 atom stereocenters. The van der Waals surface area contributed by atoms with E-state index >= 15 is 0 Å². The number of rotatable bonds is 3. The number of amides is 1. The molecule has 1 amide bonds. The Balaban J connectivity index is 2.92. The van der Waals surface area contributed by atoms with E-state index in [2.05, 4.69) is 5.32 Å². The van der Waals surface area contributed by atoms with E-state index in [1.807, 2.05) is 19.9 Å². The summed E-state index contributed by atoms with van der Waals surface area (Å²) in [6.07, 6.45) is 0. The van der Waals surface area contributed by atoms with Gasteiger partial charge in [-0.25, -0.2) is 0 Å². The Hall–Kier alpha value is -1.57. The Labute approximate surface area is 105 Å². The van der Waals surface area contributed by atoms with Gasteiger partial charge in [0.15, 0.2) is 0 Å². The first kappa shape index (κ1) is 13.5. The van der Waals surface area contributed by atoms with Gasteiger partial charge in [0.1, 0.15) is 6.07 Å². The molecule has 3 N–H and O–H groups in total. The Morgan fingerprint density at radius 2 is 2.18 bits per heavy atom. The number of carbonyl (C=O) groups is 1. The molecule has 0 radical (unpaired) electrons. The van der Waals surface area contributed by atoms with Crippen LogP contribution < -0.4 is 11.1 Å². The third-order valence-corrected chi connectivity index (χ3v) is 2.62. The van der Waals surface area contributed by atoms with Gasteiger partial charge in [0.2, 0.25) is 5.91 Å². The van der Waals surface area contributed by atoms with Gasteiger partial charge in [-0.1, -0.05) is 25.4 Å². The van der Waals surface area contributed by atoms with Gasteiger partial charge >= 0.3 is 0 Å². The molecule has 1 rings (SSSR count). The minimum Gasteiger partial charge on any atom is -0.323 e. The number of carbonyl (C=O) groups excluding carboxylic acids is 1. The van der Waals surface area contributed by atoms with E-state index in [9.17, 15) is 4.79 Å². The molecule has 1 aromatic carbocycles. The molecule has 0 aliphatic rings. The van der Waals surface area contributed by atoms with Crippen molar-refractivity contribution in [3.63, 3.8) is 0 Å². The molecule has 0 saturated heterocycles. The fourth-order valence-corrected chi connectivity index (χ4v) is 1.41. The van der Waals surface area contributed by atoms with E-state index in [1.165, 1.54) is 6.07 Å². The van der Waals surface area contributed by atoms with Crippen LogP contribution in [-0.2, 0) is 4.79 Å². The minimum atomic E-state index is -0.611. The number of benzene rings is 1. The molecule has 1 aromatic rings. The molecule has 1 unspecified atom stereocenters. The molecular formula is C12H14ClN3O. The van der Waals surface area contributed by atoms with Crippen LogP contribution in [-0.4, -0.2) is 11.9 Å². The Bertz CT molecular complexity index is 465. The lowest BCUT2D eigenvalue weighted by Gasteiger charge is -2.16. The van der Waals surface area contributed by atoms with Crippen molar-refractivity contribution in [2.75, 3.05) is 5.32 Å². The number of nitrogens with two attached hydrogens (primary N) is 1. The van der Waals surface area contributed by atoms with Crippen LogP contribution in [0.3, 0.4) is 0 Å². The maximum atomic E-state index is 11.7. The van der Waals surface area contributed by atoms with Crippen LogP contribution in [0, 0.1) is 17.2 Å². The highest BCUT2D eigenvalue weighted by Gasteiger charge is 2.18. The van der Waals surface area contributed by atoms with E-state index in [1.54, 1.807) is 12.1 Å². The average molecular weight is 252 g/mol. The molecule has 0 spiro atoms. The van der Waals surface area contributed by atoms with Crippen molar-refractivity contribution in [1.29, 1.82) is 5.26 Å². The van der Waals surface area contributed by atoms with E-state index in [4.69, 9.17) is 22.6 Å². The van der Waals surface area contributed by atoms with Crippen LogP contribution in [0.5, 0.6) is 0 Å². The number of nitriles is 1. The lowest BCUT2D eigenvalue weighted by molar-refractivity contribution is -0.118. The SMILES string of the molecule is CC(C)C(N)C(=O)Nc1cc(Cl)ccc1C#N. The van der Waals surface area contributed by atoms with E-state index in [-0.39, 0.29) is 11.8 Å². The maximum absolute atomic E-state index is 11.7. The summed E-state index contributed by atoms with van der Waals surface area (Å²) in [5, 5.41) is 12.0.